The molecule has 0 atom stereocenters. The quantitative estimate of drug-likeness (QED) is 0.779. The predicted molar refractivity (Wildman–Crippen MR) is 96.7 cm³/mol. The summed E-state index contributed by atoms with van der Waals surface area (Å²) in [5, 5.41) is 7.07. The van der Waals surface area contributed by atoms with Crippen molar-refractivity contribution in [2.45, 2.75) is 6.42 Å². The van der Waals surface area contributed by atoms with E-state index in [0.717, 1.165) is 23.5 Å². The zero-order valence-corrected chi connectivity index (χ0v) is 14.5. The molecule has 2 N–H and O–H groups in total. The molecule has 0 fully saturated rings. The number of anilines is 1. The maximum Gasteiger partial charge on any atom is 0.171 e. The zero-order chi connectivity index (χ0) is 16.7. The van der Waals surface area contributed by atoms with Crippen LogP contribution in [0.2, 0.25) is 5.02 Å². The number of hydrogen-bond acceptors (Lipinski definition) is 4. The van der Waals surface area contributed by atoms with Crippen LogP contribution in [0, 0.1) is 0 Å². The van der Waals surface area contributed by atoms with Crippen LogP contribution in [-0.2, 0) is 6.42 Å². The van der Waals surface area contributed by atoms with Crippen molar-refractivity contribution in [3.05, 3.63) is 47.1 Å². The monoisotopic (exact) mass is 351 g/mol. The third-order valence-corrected chi connectivity index (χ3v) is 3.71. The fourth-order valence-corrected chi connectivity index (χ4v) is 2.38. The van der Waals surface area contributed by atoms with E-state index >= 15 is 0 Å². The van der Waals surface area contributed by atoms with Crippen molar-refractivity contribution >= 4 is 34.7 Å². The SMILES string of the molecule is COc1ccc(OC)c(CCNC(=S)Nc2ncccc2Cl)c1. The summed E-state index contributed by atoms with van der Waals surface area (Å²) in [6.45, 7) is 0.639. The van der Waals surface area contributed by atoms with Gasteiger partial charge in [-0.1, -0.05) is 11.6 Å². The molecule has 0 unspecified atom stereocenters. The Morgan fingerprint density at radius 3 is 2.78 bits per heavy atom. The number of nitrogens with zero attached hydrogens (tertiary/aromatic N) is 1. The smallest absolute Gasteiger partial charge is 0.171 e. The largest absolute Gasteiger partial charge is 0.497 e. The van der Waals surface area contributed by atoms with Crippen LogP contribution in [0.15, 0.2) is 36.5 Å². The normalized spacial score (nSPS) is 10.0. The molecule has 0 spiro atoms. The maximum absolute atomic E-state index is 6.03. The van der Waals surface area contributed by atoms with Crippen LogP contribution in [0.5, 0.6) is 11.5 Å². The molecule has 1 aromatic heterocycles. The minimum absolute atomic E-state index is 0.465. The van der Waals surface area contributed by atoms with Crippen molar-refractivity contribution < 1.29 is 9.47 Å². The Morgan fingerprint density at radius 1 is 1.26 bits per heavy atom. The first kappa shape index (κ1) is 17.3. The summed E-state index contributed by atoms with van der Waals surface area (Å²) in [5.74, 6) is 2.15. The lowest BCUT2D eigenvalue weighted by molar-refractivity contribution is 0.398. The number of benzene rings is 1. The fraction of sp³-hybridized carbons (Fsp3) is 0.250. The zero-order valence-electron chi connectivity index (χ0n) is 12.9. The topological polar surface area (TPSA) is 55.4 Å². The Hall–Kier alpha value is -2.05. The molecule has 2 rings (SSSR count). The molecule has 7 heteroatoms. The molecule has 0 amide bonds. The summed E-state index contributed by atoms with van der Waals surface area (Å²) in [6, 6.07) is 9.22. The van der Waals surface area contributed by atoms with Crippen LogP contribution in [-0.4, -0.2) is 30.9 Å². The van der Waals surface area contributed by atoms with Crippen LogP contribution >= 0.6 is 23.8 Å². The molecule has 1 heterocycles. The highest BCUT2D eigenvalue weighted by Crippen LogP contribution is 2.24. The molecular weight excluding hydrogens is 334 g/mol. The summed E-state index contributed by atoms with van der Waals surface area (Å²) in [7, 11) is 3.29. The van der Waals surface area contributed by atoms with Gasteiger partial charge in [-0.2, -0.15) is 0 Å². The second-order valence-electron chi connectivity index (χ2n) is 4.64. The number of methoxy groups -OCH3 is 2. The molecule has 0 saturated carbocycles. The van der Waals surface area contributed by atoms with Gasteiger partial charge in [0.1, 0.15) is 11.5 Å². The van der Waals surface area contributed by atoms with Gasteiger partial charge in [0.2, 0.25) is 0 Å². The van der Waals surface area contributed by atoms with E-state index in [9.17, 15) is 0 Å². The second kappa shape index (κ2) is 8.55. The number of pyridine rings is 1. The molecule has 23 heavy (non-hydrogen) atoms. The number of rotatable bonds is 6. The van der Waals surface area contributed by atoms with Crippen molar-refractivity contribution in [1.29, 1.82) is 0 Å². The Balaban J connectivity index is 1.89. The minimum atomic E-state index is 0.465. The Bertz CT molecular complexity index is 682. The van der Waals surface area contributed by atoms with E-state index in [2.05, 4.69) is 15.6 Å². The highest BCUT2D eigenvalue weighted by Gasteiger charge is 2.06. The molecule has 0 aliphatic rings. The fourth-order valence-electron chi connectivity index (χ4n) is 2.02. The van der Waals surface area contributed by atoms with Gasteiger partial charge in [-0.15, -0.1) is 0 Å². The van der Waals surface area contributed by atoms with Crippen molar-refractivity contribution in [1.82, 2.24) is 10.3 Å². The molecule has 122 valence electrons. The molecule has 0 bridgehead atoms. The average Bonchev–Trinajstić information content (AvgIpc) is 2.57. The molecule has 0 aliphatic heterocycles. The van der Waals surface area contributed by atoms with Crippen molar-refractivity contribution in [3.8, 4) is 11.5 Å². The number of nitrogens with one attached hydrogen (secondary N) is 2. The van der Waals surface area contributed by atoms with E-state index in [1.54, 1.807) is 32.5 Å². The Morgan fingerprint density at radius 2 is 2.09 bits per heavy atom. The third kappa shape index (κ3) is 4.97. The van der Waals surface area contributed by atoms with Gasteiger partial charge in [0.05, 0.1) is 19.2 Å². The van der Waals surface area contributed by atoms with E-state index in [4.69, 9.17) is 33.3 Å². The number of thiocarbonyl (C=S) groups is 1. The number of ether oxygens (including phenoxy) is 2. The predicted octanol–water partition coefficient (Wildman–Crippen LogP) is 3.28. The van der Waals surface area contributed by atoms with Crippen LogP contribution in [0.4, 0.5) is 5.82 Å². The maximum atomic E-state index is 6.03. The van der Waals surface area contributed by atoms with Crippen LogP contribution in [0.25, 0.3) is 0 Å². The number of halogens is 1. The van der Waals surface area contributed by atoms with Gasteiger partial charge in [-0.05, 0) is 54.5 Å². The first-order chi connectivity index (χ1) is 11.1. The van der Waals surface area contributed by atoms with E-state index in [-0.39, 0.29) is 0 Å². The van der Waals surface area contributed by atoms with Crippen molar-refractivity contribution in [2.24, 2.45) is 0 Å². The van der Waals surface area contributed by atoms with E-state index in [0.29, 0.717) is 22.5 Å². The number of aromatic nitrogens is 1. The van der Waals surface area contributed by atoms with Crippen molar-refractivity contribution in [3.63, 3.8) is 0 Å². The highest BCUT2D eigenvalue weighted by molar-refractivity contribution is 7.80. The first-order valence-corrected chi connectivity index (χ1v) is 7.79. The molecule has 5 nitrogen and oxygen atoms in total. The minimum Gasteiger partial charge on any atom is -0.497 e. The molecule has 0 radical (unpaired) electrons. The highest BCUT2D eigenvalue weighted by atomic mass is 35.5. The van der Waals surface area contributed by atoms with Crippen LogP contribution in [0.3, 0.4) is 0 Å². The lowest BCUT2D eigenvalue weighted by Crippen LogP contribution is -2.30. The summed E-state index contributed by atoms with van der Waals surface area (Å²) in [6.07, 6.45) is 2.39. The van der Waals surface area contributed by atoms with E-state index < -0.39 is 0 Å². The molecule has 1 aromatic carbocycles. The van der Waals surface area contributed by atoms with Gasteiger partial charge in [-0.3, -0.25) is 0 Å². The van der Waals surface area contributed by atoms with E-state index in [1.165, 1.54) is 0 Å². The standard InChI is InChI=1S/C16H18ClN3O2S/c1-21-12-5-6-14(22-2)11(10-12)7-9-19-16(23)20-15-13(17)4-3-8-18-15/h3-6,8,10H,7,9H2,1-2H3,(H2,18,19,20,23). The lowest BCUT2D eigenvalue weighted by atomic mass is 10.1. The molecule has 2 aromatic rings. The summed E-state index contributed by atoms with van der Waals surface area (Å²) in [5.41, 5.74) is 1.04. The second-order valence-corrected chi connectivity index (χ2v) is 5.46. The first-order valence-electron chi connectivity index (χ1n) is 7.00. The van der Waals surface area contributed by atoms with Crippen molar-refractivity contribution in [2.75, 3.05) is 26.1 Å². The third-order valence-electron chi connectivity index (χ3n) is 3.16. The van der Waals surface area contributed by atoms with E-state index in [1.807, 2.05) is 18.2 Å². The lowest BCUT2D eigenvalue weighted by Gasteiger charge is -2.13. The van der Waals surface area contributed by atoms with Gasteiger partial charge in [0.15, 0.2) is 10.9 Å². The van der Waals surface area contributed by atoms with Gasteiger partial charge >= 0.3 is 0 Å². The average molecular weight is 352 g/mol. The summed E-state index contributed by atoms with van der Waals surface area (Å²) in [4.78, 5) is 4.13. The molecular formula is C16H18ClN3O2S. The molecule has 0 saturated heterocycles. The summed E-state index contributed by atoms with van der Waals surface area (Å²) < 4.78 is 10.6. The van der Waals surface area contributed by atoms with Crippen LogP contribution < -0.4 is 20.1 Å². The Kier molecular flexibility index (Phi) is 6.43. The summed E-state index contributed by atoms with van der Waals surface area (Å²) >= 11 is 11.3. The Labute approximate surface area is 146 Å². The van der Waals surface area contributed by atoms with Gasteiger partial charge < -0.3 is 20.1 Å². The van der Waals surface area contributed by atoms with Gasteiger partial charge in [0.25, 0.3) is 0 Å². The van der Waals surface area contributed by atoms with Gasteiger partial charge in [-0.25, -0.2) is 4.98 Å². The van der Waals surface area contributed by atoms with Crippen LogP contribution in [0.1, 0.15) is 5.56 Å². The van der Waals surface area contributed by atoms with Gasteiger partial charge in [0, 0.05) is 12.7 Å². The number of hydrogen-bond donors (Lipinski definition) is 2. The molecule has 0 aliphatic carbocycles.